The molecule has 1 saturated heterocycles. The van der Waals surface area contributed by atoms with Crippen molar-refractivity contribution in [2.24, 2.45) is 0 Å². The standard InChI is InChI=1S/C46H42N2O5/c1-30(37-23-20-33-9-3-4-10-39(33)25-37)47(2)28-40-26-43(35-16-14-31(29-49)15-17-35)53-46(52-40)36-21-18-34(19-22-36)38-11-7-8-32(24-38)27-48-44(50)41-12-5-6-13-42(41)45(48)51/h3-25,30,40,43,46,49H,26-29H2,1-2H3/t30-,40+,43-,46-/m1/s1. The average Bonchev–Trinajstić information content (AvgIpc) is 3.45. The third-order valence-corrected chi connectivity index (χ3v) is 10.7. The Hall–Kier alpha value is -5.44. The molecule has 2 amide bonds. The molecule has 6 aromatic carbocycles. The summed E-state index contributed by atoms with van der Waals surface area (Å²) < 4.78 is 13.4. The van der Waals surface area contributed by atoms with Crippen molar-refractivity contribution in [1.82, 2.24) is 9.80 Å². The van der Waals surface area contributed by atoms with Crippen LogP contribution in [0.2, 0.25) is 0 Å². The van der Waals surface area contributed by atoms with Crippen LogP contribution in [-0.2, 0) is 22.6 Å². The zero-order chi connectivity index (χ0) is 36.5. The normalized spacial score (nSPS) is 19.2. The van der Waals surface area contributed by atoms with Gasteiger partial charge in [-0.25, -0.2) is 0 Å². The summed E-state index contributed by atoms with van der Waals surface area (Å²) in [6.45, 7) is 3.16. The molecule has 0 aromatic heterocycles. The lowest BCUT2D eigenvalue weighted by Gasteiger charge is -2.39. The largest absolute Gasteiger partial charge is 0.392 e. The maximum Gasteiger partial charge on any atom is 0.261 e. The summed E-state index contributed by atoms with van der Waals surface area (Å²) in [5, 5.41) is 12.1. The topological polar surface area (TPSA) is 79.3 Å². The van der Waals surface area contributed by atoms with Gasteiger partial charge in [0.25, 0.3) is 11.8 Å². The molecule has 6 aromatic rings. The fraction of sp³-hybridized carbons (Fsp3) is 0.217. The fourth-order valence-corrected chi connectivity index (χ4v) is 7.48. The number of hydrogen-bond donors (Lipinski definition) is 1. The second kappa shape index (κ2) is 14.9. The Balaban J connectivity index is 0.998. The smallest absolute Gasteiger partial charge is 0.261 e. The van der Waals surface area contributed by atoms with Crippen molar-refractivity contribution in [2.75, 3.05) is 13.6 Å². The average molecular weight is 703 g/mol. The Labute approximate surface area is 310 Å². The quantitative estimate of drug-likeness (QED) is 0.144. The Morgan fingerprint density at radius 3 is 2.09 bits per heavy atom. The minimum Gasteiger partial charge on any atom is -0.392 e. The van der Waals surface area contributed by atoms with Crippen molar-refractivity contribution < 1.29 is 24.2 Å². The van der Waals surface area contributed by atoms with Gasteiger partial charge in [0.1, 0.15) is 0 Å². The number of rotatable bonds is 10. The first-order chi connectivity index (χ1) is 25.8. The van der Waals surface area contributed by atoms with Crippen LogP contribution in [-0.4, -0.2) is 46.4 Å². The van der Waals surface area contributed by atoms with Crippen LogP contribution in [0.5, 0.6) is 0 Å². The molecule has 2 aliphatic heterocycles. The molecule has 0 aliphatic carbocycles. The molecule has 7 heteroatoms. The highest BCUT2D eigenvalue weighted by Gasteiger charge is 2.35. The van der Waals surface area contributed by atoms with Crippen molar-refractivity contribution in [3.8, 4) is 11.1 Å². The SMILES string of the molecule is C[C@H](c1ccc2ccccc2c1)N(C)C[C@@H]1C[C@H](c2ccc(CO)cc2)O[C@H](c2ccc(-c3cccc(CN4C(=O)c5ccccc5C4=O)c3)cc2)O1. The second-order valence-electron chi connectivity index (χ2n) is 14.1. The van der Waals surface area contributed by atoms with Gasteiger partial charge in [0.05, 0.1) is 36.5 Å². The number of imide groups is 1. The maximum atomic E-state index is 13.0. The molecule has 0 radical (unpaired) electrons. The number of aliphatic hydroxyl groups is 1. The highest BCUT2D eigenvalue weighted by molar-refractivity contribution is 6.21. The van der Waals surface area contributed by atoms with E-state index in [2.05, 4.69) is 73.5 Å². The lowest BCUT2D eigenvalue weighted by Crippen LogP contribution is -2.38. The third kappa shape index (κ3) is 7.17. The molecular formula is C46H42N2O5. The Bertz CT molecular complexity index is 2230. The Morgan fingerprint density at radius 1 is 0.698 bits per heavy atom. The summed E-state index contributed by atoms with van der Waals surface area (Å²) in [6, 6.07) is 46.4. The van der Waals surface area contributed by atoms with Gasteiger partial charge in [0, 0.05) is 24.6 Å². The molecule has 0 unspecified atom stereocenters. The molecule has 1 fully saturated rings. The molecule has 1 N–H and O–H groups in total. The van der Waals surface area contributed by atoms with Crippen LogP contribution < -0.4 is 0 Å². The first-order valence-corrected chi connectivity index (χ1v) is 18.2. The number of likely N-dealkylation sites (N-methyl/N-ethyl adjacent to an activating group) is 1. The first kappa shape index (κ1) is 34.6. The van der Waals surface area contributed by atoms with Gasteiger partial charge < -0.3 is 14.6 Å². The van der Waals surface area contributed by atoms with E-state index in [4.69, 9.17) is 9.47 Å². The highest BCUT2D eigenvalue weighted by atomic mass is 16.7. The van der Waals surface area contributed by atoms with Gasteiger partial charge in [0.15, 0.2) is 6.29 Å². The number of benzene rings is 6. The van der Waals surface area contributed by atoms with Gasteiger partial charge in [-0.05, 0) is 82.4 Å². The van der Waals surface area contributed by atoms with Crippen molar-refractivity contribution in [3.05, 3.63) is 178 Å². The summed E-state index contributed by atoms with van der Waals surface area (Å²) in [4.78, 5) is 29.6. The molecule has 0 bridgehead atoms. The van der Waals surface area contributed by atoms with E-state index in [0.29, 0.717) is 17.5 Å². The van der Waals surface area contributed by atoms with E-state index < -0.39 is 6.29 Å². The molecule has 2 heterocycles. The predicted molar refractivity (Wildman–Crippen MR) is 206 cm³/mol. The minimum atomic E-state index is -0.574. The fourth-order valence-electron chi connectivity index (χ4n) is 7.48. The van der Waals surface area contributed by atoms with Crippen molar-refractivity contribution >= 4 is 22.6 Å². The van der Waals surface area contributed by atoms with Crippen LogP contribution in [0.3, 0.4) is 0 Å². The summed E-state index contributed by atoms with van der Waals surface area (Å²) in [5.74, 6) is -0.522. The Kier molecular flexibility index (Phi) is 9.73. The zero-order valence-electron chi connectivity index (χ0n) is 29.9. The van der Waals surface area contributed by atoms with Crippen molar-refractivity contribution in [1.29, 1.82) is 0 Å². The molecule has 53 heavy (non-hydrogen) atoms. The van der Waals surface area contributed by atoms with Crippen LogP contribution in [0.1, 0.15) is 80.3 Å². The van der Waals surface area contributed by atoms with Crippen LogP contribution in [0, 0.1) is 0 Å². The molecule has 0 spiro atoms. The van der Waals surface area contributed by atoms with Crippen LogP contribution >= 0.6 is 0 Å². The molecule has 0 saturated carbocycles. The van der Waals surface area contributed by atoms with E-state index in [9.17, 15) is 14.7 Å². The third-order valence-electron chi connectivity index (χ3n) is 10.7. The lowest BCUT2D eigenvalue weighted by atomic mass is 9.98. The van der Waals surface area contributed by atoms with E-state index in [0.717, 1.165) is 39.9 Å². The number of aliphatic hydroxyl groups excluding tert-OH is 1. The highest BCUT2D eigenvalue weighted by Crippen LogP contribution is 2.39. The number of ether oxygens (including phenoxy) is 2. The van der Waals surface area contributed by atoms with E-state index >= 15 is 0 Å². The lowest BCUT2D eigenvalue weighted by molar-refractivity contribution is -0.253. The van der Waals surface area contributed by atoms with Crippen molar-refractivity contribution in [2.45, 2.75) is 51.0 Å². The van der Waals surface area contributed by atoms with Gasteiger partial charge in [-0.1, -0.05) is 115 Å². The van der Waals surface area contributed by atoms with Crippen LogP contribution in [0.15, 0.2) is 140 Å². The monoisotopic (exact) mass is 702 g/mol. The minimum absolute atomic E-state index is 0.00432. The van der Waals surface area contributed by atoms with E-state index in [-0.39, 0.29) is 43.2 Å². The predicted octanol–water partition coefficient (Wildman–Crippen LogP) is 9.03. The van der Waals surface area contributed by atoms with Crippen molar-refractivity contribution in [3.63, 3.8) is 0 Å². The van der Waals surface area contributed by atoms with E-state index in [1.54, 1.807) is 24.3 Å². The van der Waals surface area contributed by atoms with E-state index in [1.165, 1.54) is 21.2 Å². The van der Waals surface area contributed by atoms with Gasteiger partial charge >= 0.3 is 0 Å². The molecule has 8 rings (SSSR count). The second-order valence-corrected chi connectivity index (χ2v) is 14.1. The summed E-state index contributed by atoms with van der Waals surface area (Å²) in [7, 11) is 2.15. The van der Waals surface area contributed by atoms with Crippen LogP contribution in [0.25, 0.3) is 21.9 Å². The molecule has 266 valence electrons. The number of hydrogen-bond acceptors (Lipinski definition) is 6. The summed E-state index contributed by atoms with van der Waals surface area (Å²) in [6.07, 6.45) is -0.159. The number of amides is 2. The number of carbonyl (C=O) groups excluding carboxylic acids is 2. The van der Waals surface area contributed by atoms with Gasteiger partial charge in [0.2, 0.25) is 0 Å². The molecule has 2 aliphatic rings. The number of fused-ring (bicyclic) bond motifs is 2. The summed E-state index contributed by atoms with van der Waals surface area (Å²) >= 11 is 0. The number of carbonyl (C=O) groups is 2. The Morgan fingerprint density at radius 2 is 1.38 bits per heavy atom. The zero-order valence-corrected chi connectivity index (χ0v) is 29.9. The van der Waals surface area contributed by atoms with Gasteiger partial charge in [-0.15, -0.1) is 0 Å². The van der Waals surface area contributed by atoms with Crippen LogP contribution in [0.4, 0.5) is 0 Å². The first-order valence-electron chi connectivity index (χ1n) is 18.2. The molecule has 4 atom stereocenters. The van der Waals surface area contributed by atoms with Gasteiger partial charge in [-0.2, -0.15) is 0 Å². The molecular weight excluding hydrogens is 661 g/mol. The maximum absolute atomic E-state index is 13.0. The van der Waals surface area contributed by atoms with E-state index in [1.807, 2.05) is 60.7 Å². The summed E-state index contributed by atoms with van der Waals surface area (Å²) in [5.41, 5.74) is 7.87. The molecule has 7 nitrogen and oxygen atoms in total. The van der Waals surface area contributed by atoms with Gasteiger partial charge in [-0.3, -0.25) is 19.4 Å². The number of nitrogens with zero attached hydrogens (tertiary/aromatic N) is 2.